The molecule has 5 rings (SSSR count). The summed E-state index contributed by atoms with van der Waals surface area (Å²) in [5.74, 6) is 2.70. The number of benzene rings is 3. The Morgan fingerprint density at radius 3 is 2.61 bits per heavy atom. The lowest BCUT2D eigenvalue weighted by atomic mass is 9.85. The second-order valence-electron chi connectivity index (χ2n) is 10.9. The van der Waals surface area contributed by atoms with Crippen molar-refractivity contribution in [1.82, 2.24) is 4.90 Å². The molecule has 2 aliphatic heterocycles. The monoisotopic (exact) mass is 513 g/mol. The third kappa shape index (κ3) is 5.74. The topological polar surface area (TPSA) is 62.2 Å². The van der Waals surface area contributed by atoms with E-state index in [4.69, 9.17) is 9.47 Å². The second-order valence-corrected chi connectivity index (χ2v) is 10.9. The molecule has 38 heavy (non-hydrogen) atoms. The first-order valence-corrected chi connectivity index (χ1v) is 13.8. The maximum Gasteiger partial charge on any atom is 0.150 e. The number of fused-ring (bicyclic) bond motifs is 1. The predicted octanol–water partition coefficient (Wildman–Crippen LogP) is 6.49. The first-order valence-electron chi connectivity index (χ1n) is 13.8. The number of ether oxygens (including phenoxy) is 2. The zero-order valence-electron chi connectivity index (χ0n) is 22.7. The predicted molar refractivity (Wildman–Crippen MR) is 153 cm³/mol. The molecule has 3 aromatic carbocycles. The number of nitrogens with zero attached hydrogens (tertiary/aromatic N) is 1. The van der Waals surface area contributed by atoms with Gasteiger partial charge in [0.15, 0.2) is 0 Å². The molecule has 0 aromatic heterocycles. The highest BCUT2D eigenvalue weighted by Crippen LogP contribution is 2.47. The number of rotatable bonds is 9. The van der Waals surface area contributed by atoms with Crippen LogP contribution in [0, 0.1) is 5.92 Å². The van der Waals surface area contributed by atoms with Gasteiger partial charge in [0.2, 0.25) is 0 Å². The molecule has 200 valence electrons. The molecule has 0 radical (unpaired) electrons. The summed E-state index contributed by atoms with van der Waals surface area (Å²) in [6.07, 6.45) is 2.50. The van der Waals surface area contributed by atoms with Gasteiger partial charge in [0.05, 0.1) is 0 Å². The zero-order chi connectivity index (χ0) is 26.6. The summed E-state index contributed by atoms with van der Waals surface area (Å²) in [6.45, 7) is 9.83. The molecule has 5 heteroatoms. The Labute approximate surface area is 226 Å². The molecule has 1 fully saturated rings. The van der Waals surface area contributed by atoms with Crippen LogP contribution in [0.1, 0.15) is 62.0 Å². The van der Waals surface area contributed by atoms with E-state index in [-0.39, 0.29) is 18.5 Å². The molecule has 0 bridgehead atoms. The van der Waals surface area contributed by atoms with Crippen LogP contribution >= 0.6 is 0 Å². The van der Waals surface area contributed by atoms with Gasteiger partial charge in [-0.3, -0.25) is 4.90 Å². The summed E-state index contributed by atoms with van der Waals surface area (Å²) in [5, 5.41) is 19.5. The molecular weight excluding hydrogens is 474 g/mol. The van der Waals surface area contributed by atoms with Gasteiger partial charge in [-0.2, -0.15) is 0 Å². The van der Waals surface area contributed by atoms with Crippen molar-refractivity contribution < 1.29 is 19.7 Å². The van der Waals surface area contributed by atoms with E-state index in [0.717, 1.165) is 71.2 Å². The highest BCUT2D eigenvalue weighted by atomic mass is 16.5. The maximum absolute atomic E-state index is 10.2. The molecule has 0 saturated carbocycles. The highest BCUT2D eigenvalue weighted by molar-refractivity contribution is 5.95. The van der Waals surface area contributed by atoms with Gasteiger partial charge in [-0.05, 0) is 104 Å². The van der Waals surface area contributed by atoms with Crippen LogP contribution in [-0.2, 0) is 6.42 Å². The fourth-order valence-corrected chi connectivity index (χ4v) is 5.65. The number of phenols is 1. The van der Waals surface area contributed by atoms with Gasteiger partial charge in [-0.1, -0.05) is 37.3 Å². The molecule has 3 atom stereocenters. The summed E-state index contributed by atoms with van der Waals surface area (Å²) in [4.78, 5) is 2.51. The van der Waals surface area contributed by atoms with Crippen molar-refractivity contribution in [3.63, 3.8) is 0 Å². The number of allylic oxidation sites excluding steroid dienone is 1. The standard InChI is InChI=1S/C33H39NO4/c1-22-15-16-34(20-22)23(2)21-37-29-12-10-26(11-13-29)33-32(27-7-4-8-28(36)19-27)24(3)30-18-25(6-5-17-35)9-14-31(30)38-33/h4,7-14,18-19,22-23,33,35-36H,5-6,15-17,20-21H2,1-3H3/t22-,23+,33?/m1/s1. The van der Waals surface area contributed by atoms with E-state index in [0.29, 0.717) is 12.6 Å². The van der Waals surface area contributed by atoms with Gasteiger partial charge in [-0.25, -0.2) is 0 Å². The van der Waals surface area contributed by atoms with Crippen molar-refractivity contribution >= 4 is 11.1 Å². The van der Waals surface area contributed by atoms with E-state index >= 15 is 0 Å². The van der Waals surface area contributed by atoms with Crippen molar-refractivity contribution in [3.05, 3.63) is 89.0 Å². The molecule has 2 aliphatic rings. The van der Waals surface area contributed by atoms with Crippen LogP contribution in [0.4, 0.5) is 0 Å². The van der Waals surface area contributed by atoms with Crippen LogP contribution in [0.5, 0.6) is 17.2 Å². The van der Waals surface area contributed by atoms with E-state index in [1.165, 1.54) is 12.0 Å². The Morgan fingerprint density at radius 1 is 1.08 bits per heavy atom. The third-order valence-electron chi connectivity index (χ3n) is 7.89. The van der Waals surface area contributed by atoms with Crippen molar-refractivity contribution in [2.75, 3.05) is 26.3 Å². The number of aromatic hydroxyl groups is 1. The molecule has 2 N–H and O–H groups in total. The van der Waals surface area contributed by atoms with Crippen LogP contribution in [-0.4, -0.2) is 47.5 Å². The van der Waals surface area contributed by atoms with Gasteiger partial charge in [0.1, 0.15) is 30.0 Å². The Hall–Kier alpha value is -3.28. The molecule has 3 aromatic rings. The molecule has 2 heterocycles. The van der Waals surface area contributed by atoms with Crippen LogP contribution < -0.4 is 9.47 Å². The molecule has 0 amide bonds. The number of aliphatic hydroxyl groups excluding tert-OH is 1. The number of aryl methyl sites for hydroxylation is 1. The molecule has 0 spiro atoms. The summed E-state index contributed by atoms with van der Waals surface area (Å²) < 4.78 is 12.8. The molecule has 5 nitrogen and oxygen atoms in total. The molecule has 1 saturated heterocycles. The minimum atomic E-state index is -0.313. The lowest BCUT2D eigenvalue weighted by molar-refractivity contribution is 0.169. The van der Waals surface area contributed by atoms with Crippen molar-refractivity contribution in [3.8, 4) is 17.2 Å². The lowest BCUT2D eigenvalue weighted by Crippen LogP contribution is -2.35. The van der Waals surface area contributed by atoms with Gasteiger partial charge >= 0.3 is 0 Å². The SMILES string of the molecule is CC1=C(c2cccc(O)c2)C(c2ccc(OC[C@H](C)N3CC[C@@H](C)C3)cc2)Oc2ccc(CCCO)cc21. The Bertz CT molecular complexity index is 1280. The Kier molecular flexibility index (Phi) is 8.06. The van der Waals surface area contributed by atoms with Gasteiger partial charge in [-0.15, -0.1) is 0 Å². The number of phenolic OH excluding ortho intramolecular Hbond substituents is 1. The quantitative estimate of drug-likeness (QED) is 0.342. The van der Waals surface area contributed by atoms with Crippen LogP contribution in [0.25, 0.3) is 11.1 Å². The van der Waals surface area contributed by atoms with Crippen molar-refractivity contribution in [2.45, 2.75) is 52.2 Å². The number of hydrogen-bond acceptors (Lipinski definition) is 5. The maximum atomic E-state index is 10.2. The average Bonchev–Trinajstić information content (AvgIpc) is 3.37. The van der Waals surface area contributed by atoms with Crippen molar-refractivity contribution in [1.29, 1.82) is 0 Å². The average molecular weight is 514 g/mol. The largest absolute Gasteiger partial charge is 0.508 e. The normalized spacial score (nSPS) is 20.2. The Balaban J connectivity index is 1.41. The van der Waals surface area contributed by atoms with E-state index in [1.807, 2.05) is 30.3 Å². The fraction of sp³-hybridized carbons (Fsp3) is 0.394. The zero-order valence-corrected chi connectivity index (χ0v) is 22.7. The summed E-state index contributed by atoms with van der Waals surface area (Å²) in [6, 6.07) is 22.3. The van der Waals surface area contributed by atoms with E-state index in [2.05, 4.69) is 49.9 Å². The minimum absolute atomic E-state index is 0.176. The lowest BCUT2D eigenvalue weighted by Gasteiger charge is -2.31. The number of hydrogen-bond donors (Lipinski definition) is 2. The van der Waals surface area contributed by atoms with Crippen LogP contribution in [0.3, 0.4) is 0 Å². The fourth-order valence-electron chi connectivity index (χ4n) is 5.65. The highest BCUT2D eigenvalue weighted by Gasteiger charge is 2.30. The number of aliphatic hydroxyl groups is 1. The minimum Gasteiger partial charge on any atom is -0.508 e. The summed E-state index contributed by atoms with van der Waals surface area (Å²) >= 11 is 0. The third-order valence-corrected chi connectivity index (χ3v) is 7.89. The molecule has 0 aliphatic carbocycles. The smallest absolute Gasteiger partial charge is 0.150 e. The van der Waals surface area contributed by atoms with Gasteiger partial charge in [0, 0.05) is 30.3 Å². The second kappa shape index (κ2) is 11.6. The first-order chi connectivity index (χ1) is 18.4. The molecular formula is C33H39NO4. The van der Waals surface area contributed by atoms with Gasteiger partial charge < -0.3 is 19.7 Å². The van der Waals surface area contributed by atoms with Crippen LogP contribution in [0.2, 0.25) is 0 Å². The van der Waals surface area contributed by atoms with E-state index in [1.54, 1.807) is 12.1 Å². The van der Waals surface area contributed by atoms with Crippen LogP contribution in [0.15, 0.2) is 66.7 Å². The molecule has 1 unspecified atom stereocenters. The van der Waals surface area contributed by atoms with Crippen molar-refractivity contribution in [2.24, 2.45) is 5.92 Å². The number of likely N-dealkylation sites (tertiary alicyclic amines) is 1. The van der Waals surface area contributed by atoms with Gasteiger partial charge in [0.25, 0.3) is 0 Å². The van der Waals surface area contributed by atoms with E-state index in [9.17, 15) is 10.2 Å². The summed E-state index contributed by atoms with van der Waals surface area (Å²) in [7, 11) is 0. The first kappa shape index (κ1) is 26.3. The van der Waals surface area contributed by atoms with E-state index < -0.39 is 0 Å². The summed E-state index contributed by atoms with van der Waals surface area (Å²) in [5.41, 5.74) is 6.37. The Morgan fingerprint density at radius 2 is 1.89 bits per heavy atom.